The number of anilines is 1. The van der Waals surface area contributed by atoms with Crippen molar-refractivity contribution in [2.75, 3.05) is 19.0 Å². The van der Waals surface area contributed by atoms with E-state index in [9.17, 15) is 19.2 Å². The van der Waals surface area contributed by atoms with Crippen LogP contribution in [-0.4, -0.2) is 51.7 Å². The molecule has 0 saturated carbocycles. The normalized spacial score (nSPS) is 14.5. The van der Waals surface area contributed by atoms with Crippen LogP contribution in [-0.2, 0) is 14.3 Å². The van der Waals surface area contributed by atoms with Crippen molar-refractivity contribution in [3.05, 3.63) is 70.1 Å². The summed E-state index contributed by atoms with van der Waals surface area (Å²) in [5, 5.41) is 11.7. The van der Waals surface area contributed by atoms with E-state index in [2.05, 4.69) is 10.1 Å². The average molecular weight is 485 g/mol. The van der Waals surface area contributed by atoms with Crippen LogP contribution in [0.1, 0.15) is 39.1 Å². The summed E-state index contributed by atoms with van der Waals surface area (Å²) in [5.41, 5.74) is 1.63. The summed E-state index contributed by atoms with van der Waals surface area (Å²) in [5.74, 6) is -2.04. The highest BCUT2D eigenvalue weighted by molar-refractivity contribution is 8.26. The van der Waals surface area contributed by atoms with Crippen molar-refractivity contribution in [3.63, 3.8) is 0 Å². The number of rotatable bonds is 8. The molecule has 1 aliphatic rings. The highest BCUT2D eigenvalue weighted by Gasteiger charge is 2.31. The van der Waals surface area contributed by atoms with Crippen molar-refractivity contribution in [2.24, 2.45) is 0 Å². The number of ether oxygens (including phenoxy) is 1. The van der Waals surface area contributed by atoms with Crippen LogP contribution in [0.15, 0.2) is 53.4 Å². The summed E-state index contributed by atoms with van der Waals surface area (Å²) >= 11 is 6.49. The fraction of sp³-hybridized carbons (Fsp3) is 0.174. The minimum absolute atomic E-state index is 0.0806. The van der Waals surface area contributed by atoms with E-state index in [4.69, 9.17) is 17.3 Å². The first-order valence-electron chi connectivity index (χ1n) is 9.85. The van der Waals surface area contributed by atoms with E-state index in [-0.39, 0.29) is 30.3 Å². The number of carbonyl (C=O) groups is 4. The van der Waals surface area contributed by atoms with Crippen molar-refractivity contribution >= 4 is 63.8 Å². The predicted octanol–water partition coefficient (Wildman–Crippen LogP) is 3.79. The molecule has 0 unspecified atom stereocenters. The van der Waals surface area contributed by atoms with E-state index in [1.807, 2.05) is 0 Å². The number of thioether (sulfide) groups is 1. The number of hydrogen-bond donors (Lipinski definition) is 2. The van der Waals surface area contributed by atoms with Crippen molar-refractivity contribution in [1.29, 1.82) is 0 Å². The first kappa shape index (κ1) is 24.1. The number of carboxylic acid groups (broad SMARTS) is 1. The molecule has 1 aliphatic heterocycles. The van der Waals surface area contributed by atoms with Gasteiger partial charge in [0.2, 0.25) is 5.91 Å². The van der Waals surface area contributed by atoms with Gasteiger partial charge < -0.3 is 15.2 Å². The van der Waals surface area contributed by atoms with Gasteiger partial charge in [-0.3, -0.25) is 14.5 Å². The van der Waals surface area contributed by atoms with Gasteiger partial charge in [0, 0.05) is 18.7 Å². The molecule has 2 N–H and O–H groups in total. The summed E-state index contributed by atoms with van der Waals surface area (Å²) < 4.78 is 5.08. The van der Waals surface area contributed by atoms with Gasteiger partial charge >= 0.3 is 11.9 Å². The molecule has 8 nitrogen and oxygen atoms in total. The number of thiocarbonyl (C=S) groups is 1. The molecule has 0 bridgehead atoms. The Morgan fingerprint density at radius 1 is 1.15 bits per heavy atom. The molecule has 170 valence electrons. The molecule has 1 fully saturated rings. The van der Waals surface area contributed by atoms with E-state index >= 15 is 0 Å². The largest absolute Gasteiger partial charge is 0.478 e. The lowest BCUT2D eigenvalue weighted by atomic mass is 10.1. The Balaban J connectivity index is 1.54. The Hall–Kier alpha value is -3.50. The Morgan fingerprint density at radius 2 is 1.88 bits per heavy atom. The quantitative estimate of drug-likeness (QED) is 0.331. The van der Waals surface area contributed by atoms with E-state index in [1.54, 1.807) is 42.5 Å². The lowest BCUT2D eigenvalue weighted by Gasteiger charge is -2.14. The molecule has 0 aromatic heterocycles. The van der Waals surface area contributed by atoms with Crippen LogP contribution in [0.2, 0.25) is 0 Å². The number of esters is 1. The second kappa shape index (κ2) is 10.9. The minimum Gasteiger partial charge on any atom is -0.478 e. The van der Waals surface area contributed by atoms with Crippen molar-refractivity contribution < 1.29 is 29.0 Å². The SMILES string of the molecule is COC(=O)c1ccc(C=C2SC(=S)N(CCCC(=O)Nc3cccc(C(=O)O)c3)C2=O)cc1. The molecular formula is C23H20N2O6S2. The van der Waals surface area contributed by atoms with Gasteiger partial charge in [-0.1, -0.05) is 42.2 Å². The van der Waals surface area contributed by atoms with Gasteiger partial charge in [0.1, 0.15) is 4.32 Å². The van der Waals surface area contributed by atoms with Crippen LogP contribution in [0.5, 0.6) is 0 Å². The van der Waals surface area contributed by atoms with Gasteiger partial charge in [0.05, 0.1) is 23.1 Å². The predicted molar refractivity (Wildman–Crippen MR) is 129 cm³/mol. The Kier molecular flexibility index (Phi) is 7.96. The highest BCUT2D eigenvalue weighted by atomic mass is 32.2. The van der Waals surface area contributed by atoms with Crippen LogP contribution < -0.4 is 5.32 Å². The summed E-state index contributed by atoms with van der Waals surface area (Å²) in [4.78, 5) is 49.4. The standard InChI is InChI=1S/C23H20N2O6S2/c1-31-22(30)15-9-7-14(8-10-15)12-18-20(27)25(23(32)33-18)11-3-6-19(26)24-17-5-2-4-16(13-17)21(28)29/h2,4-5,7-10,12-13H,3,6,11H2,1H3,(H,24,26)(H,28,29). The van der Waals surface area contributed by atoms with Gasteiger partial charge in [-0.25, -0.2) is 9.59 Å². The van der Waals surface area contributed by atoms with Crippen LogP contribution in [0.4, 0.5) is 5.69 Å². The maximum Gasteiger partial charge on any atom is 0.337 e. The number of nitrogens with zero attached hydrogens (tertiary/aromatic N) is 1. The van der Waals surface area contributed by atoms with Gasteiger partial charge in [0.15, 0.2) is 0 Å². The van der Waals surface area contributed by atoms with Crippen LogP contribution in [0, 0.1) is 0 Å². The monoisotopic (exact) mass is 484 g/mol. The number of hydrogen-bond acceptors (Lipinski definition) is 7. The van der Waals surface area contributed by atoms with E-state index in [1.165, 1.54) is 35.9 Å². The average Bonchev–Trinajstić information content (AvgIpc) is 3.06. The molecule has 0 radical (unpaired) electrons. The third-order valence-corrected chi connectivity index (χ3v) is 6.06. The summed E-state index contributed by atoms with van der Waals surface area (Å²) in [6.07, 6.45) is 2.23. The first-order chi connectivity index (χ1) is 15.8. The third kappa shape index (κ3) is 6.27. The van der Waals surface area contributed by atoms with E-state index < -0.39 is 11.9 Å². The van der Waals surface area contributed by atoms with Gasteiger partial charge in [-0.05, 0) is 48.4 Å². The molecule has 2 aromatic rings. The molecule has 1 saturated heterocycles. The lowest BCUT2D eigenvalue weighted by molar-refractivity contribution is -0.122. The summed E-state index contributed by atoms with van der Waals surface area (Å²) in [7, 11) is 1.31. The zero-order valence-corrected chi connectivity index (χ0v) is 19.2. The molecule has 3 rings (SSSR count). The number of carbonyl (C=O) groups excluding carboxylic acids is 3. The molecule has 1 heterocycles. The molecule has 33 heavy (non-hydrogen) atoms. The zero-order chi connectivity index (χ0) is 24.0. The lowest BCUT2D eigenvalue weighted by Crippen LogP contribution is -2.29. The number of benzene rings is 2. The number of nitrogens with one attached hydrogen (secondary N) is 1. The topological polar surface area (TPSA) is 113 Å². The summed E-state index contributed by atoms with van der Waals surface area (Å²) in [6, 6.07) is 12.6. The first-order valence-corrected chi connectivity index (χ1v) is 11.1. The maximum atomic E-state index is 12.7. The van der Waals surface area contributed by atoms with Crippen molar-refractivity contribution in [1.82, 2.24) is 4.90 Å². The number of amides is 2. The third-order valence-electron chi connectivity index (χ3n) is 4.68. The Morgan fingerprint density at radius 3 is 2.55 bits per heavy atom. The maximum absolute atomic E-state index is 12.7. The van der Waals surface area contributed by atoms with Gasteiger partial charge in [0.25, 0.3) is 5.91 Å². The van der Waals surface area contributed by atoms with E-state index in [0.717, 1.165) is 5.56 Å². The number of carboxylic acids is 1. The van der Waals surface area contributed by atoms with Crippen LogP contribution in [0.3, 0.4) is 0 Å². The smallest absolute Gasteiger partial charge is 0.337 e. The van der Waals surface area contributed by atoms with Crippen molar-refractivity contribution in [3.8, 4) is 0 Å². The summed E-state index contributed by atoms with van der Waals surface area (Å²) in [6.45, 7) is 0.284. The van der Waals surface area contributed by atoms with Crippen LogP contribution >= 0.6 is 24.0 Å². The molecule has 0 aliphatic carbocycles. The molecule has 0 spiro atoms. The second-order valence-electron chi connectivity index (χ2n) is 6.98. The second-order valence-corrected chi connectivity index (χ2v) is 8.66. The molecule has 10 heteroatoms. The Labute approximate surface area is 199 Å². The van der Waals surface area contributed by atoms with Crippen LogP contribution in [0.25, 0.3) is 6.08 Å². The Bertz CT molecular complexity index is 1140. The molecular weight excluding hydrogens is 464 g/mol. The fourth-order valence-corrected chi connectivity index (χ4v) is 4.34. The van der Waals surface area contributed by atoms with Crippen molar-refractivity contribution in [2.45, 2.75) is 12.8 Å². The van der Waals surface area contributed by atoms with Gasteiger partial charge in [-0.2, -0.15) is 0 Å². The highest BCUT2D eigenvalue weighted by Crippen LogP contribution is 2.32. The number of methoxy groups -OCH3 is 1. The molecule has 2 aromatic carbocycles. The fourth-order valence-electron chi connectivity index (χ4n) is 3.03. The molecule has 0 atom stereocenters. The van der Waals surface area contributed by atoms with Gasteiger partial charge in [-0.15, -0.1) is 0 Å². The molecule has 2 amide bonds. The minimum atomic E-state index is -1.08. The van der Waals surface area contributed by atoms with E-state index in [0.29, 0.717) is 26.9 Å². The zero-order valence-electron chi connectivity index (χ0n) is 17.6. The number of aromatic carboxylic acids is 1.